The van der Waals surface area contributed by atoms with Crippen molar-refractivity contribution in [2.24, 2.45) is 0 Å². The molecule has 0 N–H and O–H groups in total. The smallest absolute Gasteiger partial charge is 0.339 e. The Balaban J connectivity index is 2.83. The first-order chi connectivity index (χ1) is 9.11. The summed E-state index contributed by atoms with van der Waals surface area (Å²) in [6, 6.07) is 1.29. The van der Waals surface area contributed by atoms with Gasteiger partial charge >= 0.3 is 5.63 Å². The summed E-state index contributed by atoms with van der Waals surface area (Å²) in [5, 5.41) is 0.459. The zero-order valence-corrected chi connectivity index (χ0v) is 12.8. The van der Waals surface area contributed by atoms with E-state index in [0.717, 1.165) is 0 Å². The summed E-state index contributed by atoms with van der Waals surface area (Å²) in [7, 11) is 0. The van der Waals surface area contributed by atoms with Crippen molar-refractivity contribution in [2.75, 3.05) is 0 Å². The highest BCUT2D eigenvalue weighted by Crippen LogP contribution is 2.38. The summed E-state index contributed by atoms with van der Waals surface area (Å²) in [5.41, 5.74) is 0.153. The van der Waals surface area contributed by atoms with Gasteiger partial charge in [0.1, 0.15) is 10.6 Å². The molecule has 1 heterocycles. The Bertz CT molecular complexity index is 742. The monoisotopic (exact) mass is 298 g/mol. The van der Waals surface area contributed by atoms with Gasteiger partial charge in [0.2, 0.25) is 0 Å². The van der Waals surface area contributed by atoms with E-state index in [-0.39, 0.29) is 16.4 Å². The molecule has 2 aromatic rings. The van der Waals surface area contributed by atoms with Gasteiger partial charge in [-0.15, -0.1) is 0 Å². The number of rotatable bonds is 1. The second kappa shape index (κ2) is 4.77. The first-order valence-corrected chi connectivity index (χ1v) is 6.60. The molecule has 0 amide bonds. The van der Waals surface area contributed by atoms with Gasteiger partial charge in [0.15, 0.2) is 17.1 Å². The van der Waals surface area contributed by atoms with Crippen molar-refractivity contribution in [2.45, 2.75) is 40.2 Å². The fourth-order valence-corrected chi connectivity index (χ4v) is 2.16. The third-order valence-corrected chi connectivity index (χ3v) is 3.35. The van der Waals surface area contributed by atoms with Gasteiger partial charge in [0.25, 0.3) is 0 Å². The molecule has 0 atom stereocenters. The topological polar surface area (TPSA) is 39.4 Å². The van der Waals surface area contributed by atoms with Crippen LogP contribution in [-0.2, 0) is 0 Å². The van der Waals surface area contributed by atoms with Gasteiger partial charge < -0.3 is 9.15 Å². The Labute approximate surface area is 121 Å². The molecule has 108 valence electrons. The highest BCUT2D eigenvalue weighted by Gasteiger charge is 2.22. The highest BCUT2D eigenvalue weighted by atomic mass is 35.5. The molecule has 0 saturated heterocycles. The van der Waals surface area contributed by atoms with Crippen LogP contribution in [0.2, 0.25) is 5.02 Å². The van der Waals surface area contributed by atoms with Crippen molar-refractivity contribution in [3.05, 3.63) is 38.5 Å². The SMILES string of the molecule is Cc1c(C)c2cc(F)c(OC(C)(C)C)c(Cl)c2oc1=O. The van der Waals surface area contributed by atoms with E-state index in [1.54, 1.807) is 34.6 Å². The van der Waals surface area contributed by atoms with Crippen LogP contribution in [-0.4, -0.2) is 5.60 Å². The van der Waals surface area contributed by atoms with Gasteiger partial charge in [-0.05, 0) is 46.2 Å². The summed E-state index contributed by atoms with van der Waals surface area (Å²) in [5.74, 6) is -0.674. The Morgan fingerprint density at radius 2 is 1.85 bits per heavy atom. The van der Waals surface area contributed by atoms with Crippen molar-refractivity contribution in [1.29, 1.82) is 0 Å². The molecule has 0 bridgehead atoms. The number of halogens is 2. The summed E-state index contributed by atoms with van der Waals surface area (Å²) in [6.45, 7) is 8.71. The van der Waals surface area contributed by atoms with Crippen molar-refractivity contribution < 1.29 is 13.5 Å². The largest absolute Gasteiger partial charge is 0.483 e. The lowest BCUT2D eigenvalue weighted by atomic mass is 10.1. The average Bonchev–Trinajstić information content (AvgIpc) is 2.33. The molecule has 0 aliphatic rings. The van der Waals surface area contributed by atoms with E-state index in [0.29, 0.717) is 16.5 Å². The summed E-state index contributed by atoms with van der Waals surface area (Å²) >= 11 is 6.15. The normalized spacial score (nSPS) is 11.9. The van der Waals surface area contributed by atoms with Crippen LogP contribution < -0.4 is 10.4 Å². The van der Waals surface area contributed by atoms with E-state index in [1.165, 1.54) is 6.07 Å². The quantitative estimate of drug-likeness (QED) is 0.733. The zero-order valence-electron chi connectivity index (χ0n) is 12.1. The molecule has 0 spiro atoms. The van der Waals surface area contributed by atoms with Crippen LogP contribution in [0.25, 0.3) is 11.0 Å². The fraction of sp³-hybridized carbons (Fsp3) is 0.400. The Morgan fingerprint density at radius 3 is 2.40 bits per heavy atom. The zero-order chi connectivity index (χ0) is 15.2. The molecule has 0 saturated carbocycles. The number of benzene rings is 1. The van der Waals surface area contributed by atoms with E-state index in [2.05, 4.69) is 0 Å². The van der Waals surface area contributed by atoms with Gasteiger partial charge in [0.05, 0.1) is 0 Å². The molecule has 1 aromatic heterocycles. The Hall–Kier alpha value is -1.55. The molecule has 0 aliphatic carbocycles. The lowest BCUT2D eigenvalue weighted by Gasteiger charge is -2.22. The molecule has 1 aromatic carbocycles. The van der Waals surface area contributed by atoms with Crippen LogP contribution in [0.4, 0.5) is 4.39 Å². The number of fused-ring (bicyclic) bond motifs is 1. The predicted molar refractivity (Wildman–Crippen MR) is 77.3 cm³/mol. The van der Waals surface area contributed by atoms with Crippen LogP contribution in [0.1, 0.15) is 31.9 Å². The van der Waals surface area contributed by atoms with E-state index in [1.807, 2.05) is 0 Å². The summed E-state index contributed by atoms with van der Waals surface area (Å²) in [6.07, 6.45) is 0. The molecule has 0 unspecified atom stereocenters. The van der Waals surface area contributed by atoms with Crippen LogP contribution in [0.5, 0.6) is 5.75 Å². The van der Waals surface area contributed by atoms with Crippen molar-refractivity contribution in [1.82, 2.24) is 0 Å². The summed E-state index contributed by atoms with van der Waals surface area (Å²) < 4.78 is 24.9. The van der Waals surface area contributed by atoms with Gasteiger partial charge in [-0.25, -0.2) is 9.18 Å². The lowest BCUT2D eigenvalue weighted by Crippen LogP contribution is -2.24. The molecule has 0 fully saturated rings. The van der Waals surface area contributed by atoms with Gasteiger partial charge in [-0.3, -0.25) is 0 Å². The maximum Gasteiger partial charge on any atom is 0.339 e. The summed E-state index contributed by atoms with van der Waals surface area (Å²) in [4.78, 5) is 11.7. The fourth-order valence-electron chi connectivity index (χ4n) is 1.89. The first kappa shape index (κ1) is 14.9. The number of hydrogen-bond donors (Lipinski definition) is 0. The molecular weight excluding hydrogens is 283 g/mol. The minimum atomic E-state index is -0.613. The molecule has 3 nitrogen and oxygen atoms in total. The molecular formula is C15H16ClFO3. The predicted octanol–water partition coefficient (Wildman–Crippen LogP) is 4.38. The van der Waals surface area contributed by atoms with Crippen molar-refractivity contribution in [3.63, 3.8) is 0 Å². The van der Waals surface area contributed by atoms with E-state index >= 15 is 0 Å². The Morgan fingerprint density at radius 1 is 1.25 bits per heavy atom. The van der Waals surface area contributed by atoms with Crippen LogP contribution >= 0.6 is 11.6 Å². The third kappa shape index (κ3) is 2.52. The standard InChI is InChI=1S/C15H16ClFO3/c1-7-8(2)14(18)19-12-9(7)6-10(17)13(11(12)16)20-15(3,4)5/h6H,1-5H3. The van der Waals surface area contributed by atoms with E-state index in [9.17, 15) is 9.18 Å². The molecule has 2 rings (SSSR count). The maximum atomic E-state index is 14.2. The molecule has 0 aliphatic heterocycles. The second-order valence-electron chi connectivity index (χ2n) is 5.73. The third-order valence-electron chi connectivity index (χ3n) is 3.01. The maximum absolute atomic E-state index is 14.2. The average molecular weight is 299 g/mol. The number of ether oxygens (including phenoxy) is 1. The van der Waals surface area contributed by atoms with Crippen LogP contribution in [0.3, 0.4) is 0 Å². The van der Waals surface area contributed by atoms with Crippen LogP contribution in [0, 0.1) is 19.7 Å². The minimum Gasteiger partial charge on any atom is -0.483 e. The van der Waals surface area contributed by atoms with E-state index < -0.39 is 17.0 Å². The van der Waals surface area contributed by atoms with Crippen molar-refractivity contribution in [3.8, 4) is 5.75 Å². The molecule has 0 radical (unpaired) electrons. The number of aryl methyl sites for hydroxylation is 1. The van der Waals surface area contributed by atoms with Gasteiger partial charge in [-0.2, -0.15) is 0 Å². The van der Waals surface area contributed by atoms with Gasteiger partial charge in [0, 0.05) is 10.9 Å². The van der Waals surface area contributed by atoms with Crippen LogP contribution in [0.15, 0.2) is 15.3 Å². The van der Waals surface area contributed by atoms with Crippen molar-refractivity contribution >= 4 is 22.6 Å². The molecule has 20 heavy (non-hydrogen) atoms. The minimum absolute atomic E-state index is 0.0184. The second-order valence-corrected chi connectivity index (χ2v) is 6.11. The lowest BCUT2D eigenvalue weighted by molar-refractivity contribution is 0.124. The molecule has 5 heteroatoms. The van der Waals surface area contributed by atoms with Gasteiger partial charge in [-0.1, -0.05) is 11.6 Å². The highest BCUT2D eigenvalue weighted by molar-refractivity contribution is 6.36. The van der Waals surface area contributed by atoms with E-state index in [4.69, 9.17) is 20.8 Å². The Kier molecular flexibility index (Phi) is 3.54. The first-order valence-electron chi connectivity index (χ1n) is 6.23. The number of hydrogen-bond acceptors (Lipinski definition) is 3.